The van der Waals surface area contributed by atoms with Gasteiger partial charge in [-0.15, -0.1) is 0 Å². The summed E-state index contributed by atoms with van der Waals surface area (Å²) in [5.74, 6) is 0. The fourth-order valence-electron chi connectivity index (χ4n) is 0.957. The minimum absolute atomic E-state index is 0.690. The van der Waals surface area contributed by atoms with Gasteiger partial charge in [0, 0.05) is 0 Å². The molecule has 0 radical (unpaired) electrons. The summed E-state index contributed by atoms with van der Waals surface area (Å²) in [6.07, 6.45) is 1.10. The SMILES string of the molecule is CCCN.CC[O][Ti]([O]CC)[O]CC.CC[O][Ti]([O]CC)[O]CC. The first-order chi connectivity index (χ1) is 11.6. The van der Waals surface area contributed by atoms with Crippen LogP contribution in [0.25, 0.3) is 0 Å². The molecule has 0 heterocycles. The predicted molar refractivity (Wildman–Crippen MR) is 89.1 cm³/mol. The Hall–Kier alpha value is 1.15. The van der Waals surface area contributed by atoms with E-state index in [0.717, 1.165) is 13.0 Å². The third-order valence-corrected chi connectivity index (χ3v) is 6.77. The van der Waals surface area contributed by atoms with E-state index >= 15 is 0 Å². The van der Waals surface area contributed by atoms with Crippen LogP contribution in [0, 0.1) is 0 Å². The fourth-order valence-corrected chi connectivity index (χ4v) is 3.95. The number of nitrogens with two attached hydrogens (primary N) is 1. The van der Waals surface area contributed by atoms with Gasteiger partial charge in [0.05, 0.1) is 0 Å². The van der Waals surface area contributed by atoms with E-state index in [-0.39, 0.29) is 0 Å². The summed E-state index contributed by atoms with van der Waals surface area (Å²) in [7, 11) is 0. The molecular formula is C15H39NO6Ti2. The van der Waals surface area contributed by atoms with Crippen molar-refractivity contribution in [3.63, 3.8) is 0 Å². The quantitative estimate of drug-likeness (QED) is 0.454. The Balaban J connectivity index is -0.000000301. The van der Waals surface area contributed by atoms with Crippen molar-refractivity contribution in [2.24, 2.45) is 5.73 Å². The zero-order valence-corrected chi connectivity index (χ0v) is 19.8. The van der Waals surface area contributed by atoms with Gasteiger partial charge in [0.15, 0.2) is 0 Å². The van der Waals surface area contributed by atoms with Gasteiger partial charge in [-0.3, -0.25) is 0 Å². The first-order valence-corrected chi connectivity index (χ1v) is 12.6. The Morgan fingerprint density at radius 2 is 0.667 bits per heavy atom. The second kappa shape index (κ2) is 28.9. The van der Waals surface area contributed by atoms with Crippen molar-refractivity contribution in [1.29, 1.82) is 0 Å². The molecule has 24 heavy (non-hydrogen) atoms. The van der Waals surface area contributed by atoms with E-state index in [2.05, 4.69) is 6.92 Å². The molecule has 0 unspecified atom stereocenters. The third-order valence-electron chi connectivity index (χ3n) is 1.86. The molecule has 2 N–H and O–H groups in total. The van der Waals surface area contributed by atoms with Crippen molar-refractivity contribution in [2.75, 3.05) is 46.2 Å². The van der Waals surface area contributed by atoms with Crippen molar-refractivity contribution in [2.45, 2.75) is 54.9 Å². The third kappa shape index (κ3) is 28.0. The van der Waals surface area contributed by atoms with E-state index < -0.39 is 38.1 Å². The van der Waals surface area contributed by atoms with E-state index in [1.807, 2.05) is 41.5 Å². The molecule has 0 atom stereocenters. The van der Waals surface area contributed by atoms with Crippen LogP contribution in [0.3, 0.4) is 0 Å². The van der Waals surface area contributed by atoms with Crippen LogP contribution in [0.4, 0.5) is 0 Å². The van der Waals surface area contributed by atoms with Gasteiger partial charge in [0.25, 0.3) is 0 Å². The average molecular weight is 425 g/mol. The van der Waals surface area contributed by atoms with E-state index in [0.29, 0.717) is 39.6 Å². The van der Waals surface area contributed by atoms with Crippen LogP contribution >= 0.6 is 0 Å². The van der Waals surface area contributed by atoms with E-state index in [4.69, 9.17) is 25.6 Å². The molecule has 0 spiro atoms. The standard InChI is InChI=1S/C3H9N.6C2H5O.2Ti/c1-2-3-4;6*1-2-3;;/h2-4H2,1H3;6*2H2,1H3;;/q;6*-1;2*+3. The van der Waals surface area contributed by atoms with Crippen molar-refractivity contribution in [3.05, 3.63) is 0 Å². The summed E-state index contributed by atoms with van der Waals surface area (Å²) in [5, 5.41) is 0. The minimum atomic E-state index is -1.99. The fraction of sp³-hybridized carbons (Fsp3) is 1.00. The van der Waals surface area contributed by atoms with Crippen molar-refractivity contribution in [3.8, 4) is 0 Å². The van der Waals surface area contributed by atoms with Crippen LogP contribution in [0.5, 0.6) is 0 Å². The van der Waals surface area contributed by atoms with Crippen molar-refractivity contribution < 1.29 is 58.0 Å². The summed E-state index contributed by atoms with van der Waals surface area (Å²) in [4.78, 5) is 0. The van der Waals surface area contributed by atoms with Crippen LogP contribution in [0.1, 0.15) is 54.9 Å². The van der Waals surface area contributed by atoms with E-state index in [1.54, 1.807) is 0 Å². The van der Waals surface area contributed by atoms with Crippen LogP contribution in [0.15, 0.2) is 0 Å². The molecule has 7 nitrogen and oxygen atoms in total. The maximum absolute atomic E-state index is 5.24. The summed E-state index contributed by atoms with van der Waals surface area (Å²) < 4.78 is 31.5. The normalized spacial score (nSPS) is 9.50. The molecule has 0 rings (SSSR count). The van der Waals surface area contributed by atoms with Crippen LogP contribution in [0.2, 0.25) is 0 Å². The van der Waals surface area contributed by atoms with Crippen molar-refractivity contribution >= 4 is 0 Å². The summed E-state index contributed by atoms with van der Waals surface area (Å²) in [5.41, 5.74) is 5.03. The molecule has 0 saturated carbocycles. The number of rotatable bonds is 13. The molecule has 148 valence electrons. The molecular weight excluding hydrogens is 386 g/mol. The Morgan fingerprint density at radius 1 is 0.500 bits per heavy atom. The zero-order chi connectivity index (χ0) is 19.1. The van der Waals surface area contributed by atoms with Gasteiger partial charge in [-0.25, -0.2) is 0 Å². The molecule has 0 aliphatic carbocycles. The topological polar surface area (TPSA) is 81.4 Å². The molecule has 0 aromatic carbocycles. The van der Waals surface area contributed by atoms with Gasteiger partial charge >= 0.3 is 139 Å². The van der Waals surface area contributed by atoms with Gasteiger partial charge in [-0.1, -0.05) is 6.92 Å². The first kappa shape index (κ1) is 29.9. The number of hydrogen-bond donors (Lipinski definition) is 1. The summed E-state index contributed by atoms with van der Waals surface area (Å²) in [6, 6.07) is 0. The molecule has 0 aliphatic heterocycles. The Kier molecular flexibility index (Phi) is 36.0. The predicted octanol–water partition coefficient (Wildman–Crippen LogP) is 3.27. The average Bonchev–Trinajstić information content (AvgIpc) is 2.57. The zero-order valence-electron chi connectivity index (χ0n) is 16.7. The van der Waals surface area contributed by atoms with Gasteiger partial charge in [0.1, 0.15) is 0 Å². The van der Waals surface area contributed by atoms with Crippen LogP contribution in [-0.2, 0) is 58.0 Å². The van der Waals surface area contributed by atoms with Gasteiger partial charge < -0.3 is 5.73 Å². The van der Waals surface area contributed by atoms with Crippen LogP contribution in [-0.4, -0.2) is 46.2 Å². The number of hydrogen-bond acceptors (Lipinski definition) is 7. The van der Waals surface area contributed by atoms with Gasteiger partial charge in [-0.05, 0) is 13.0 Å². The summed E-state index contributed by atoms with van der Waals surface area (Å²) in [6.45, 7) is 18.7. The monoisotopic (exact) mass is 425 g/mol. The van der Waals surface area contributed by atoms with Crippen molar-refractivity contribution in [1.82, 2.24) is 0 Å². The summed E-state index contributed by atoms with van der Waals surface area (Å²) >= 11 is -3.97. The van der Waals surface area contributed by atoms with E-state index in [9.17, 15) is 0 Å². The molecule has 0 aromatic heterocycles. The molecule has 0 fully saturated rings. The van der Waals surface area contributed by atoms with Gasteiger partial charge in [-0.2, -0.15) is 0 Å². The second-order valence-electron chi connectivity index (χ2n) is 3.89. The molecule has 0 bridgehead atoms. The van der Waals surface area contributed by atoms with Crippen LogP contribution < -0.4 is 5.73 Å². The first-order valence-electron chi connectivity index (χ1n) is 8.81. The molecule has 0 aromatic rings. The Morgan fingerprint density at radius 3 is 0.750 bits per heavy atom. The van der Waals surface area contributed by atoms with Gasteiger partial charge in [0.2, 0.25) is 0 Å². The molecule has 0 saturated heterocycles. The maximum atomic E-state index is 5.24. The Bertz CT molecular complexity index is 158. The molecule has 0 amide bonds. The van der Waals surface area contributed by atoms with E-state index in [1.165, 1.54) is 0 Å². The Labute approximate surface area is 164 Å². The molecule has 9 heteroatoms. The molecule has 0 aliphatic rings. The second-order valence-corrected chi connectivity index (χ2v) is 8.15.